The van der Waals surface area contributed by atoms with Gasteiger partial charge in [-0.05, 0) is 87.1 Å². The molecule has 4 rings (SSSR count). The molecule has 2 fully saturated rings. The van der Waals surface area contributed by atoms with Gasteiger partial charge in [-0.1, -0.05) is 18.2 Å². The van der Waals surface area contributed by atoms with Crippen LogP contribution in [0.25, 0.3) is 0 Å². The maximum atomic E-state index is 14.0. The fraction of sp³-hybridized carbons (Fsp3) is 0.500. The second kappa shape index (κ2) is 12.7. The first-order valence-electron chi connectivity index (χ1n) is 13.7. The predicted octanol–water partition coefficient (Wildman–Crippen LogP) is 4.26. The van der Waals surface area contributed by atoms with Crippen molar-refractivity contribution < 1.29 is 23.2 Å². The van der Waals surface area contributed by atoms with Gasteiger partial charge in [-0.3, -0.25) is 14.4 Å². The summed E-state index contributed by atoms with van der Waals surface area (Å²) >= 11 is 0. The second-order valence-electron chi connectivity index (χ2n) is 10.9. The molecule has 2 saturated heterocycles. The Bertz CT molecular complexity index is 1200. The number of carbonyl (C=O) groups excluding carboxylic acids is 3. The summed E-state index contributed by atoms with van der Waals surface area (Å²) in [6, 6.07) is 11.3. The first kappa shape index (κ1) is 28.7. The number of hydrogen-bond donors (Lipinski definition) is 2. The molecule has 2 aliphatic heterocycles. The SMILES string of the molecule is CC(=O)Nc1cccc(C2CCN(CCCN(C)C(=O)C3C(C)NC(=O)CC3c3ccc(F)c(F)c3)CC2)c1. The molecule has 7 nitrogen and oxygen atoms in total. The van der Waals surface area contributed by atoms with Crippen LogP contribution in [0.5, 0.6) is 0 Å². The largest absolute Gasteiger partial charge is 0.353 e. The molecular weight excluding hydrogens is 502 g/mol. The highest BCUT2D eigenvalue weighted by Crippen LogP contribution is 2.36. The summed E-state index contributed by atoms with van der Waals surface area (Å²) in [5.74, 6) is -2.92. The van der Waals surface area contributed by atoms with Crippen molar-refractivity contribution in [3.05, 3.63) is 65.2 Å². The Hall–Kier alpha value is -3.33. The number of halogens is 2. The van der Waals surface area contributed by atoms with Crippen LogP contribution in [0.4, 0.5) is 14.5 Å². The van der Waals surface area contributed by atoms with Crippen LogP contribution in [0.15, 0.2) is 42.5 Å². The Morgan fingerprint density at radius 2 is 1.82 bits per heavy atom. The van der Waals surface area contributed by atoms with Crippen LogP contribution in [0, 0.1) is 17.6 Å². The number of rotatable bonds is 8. The maximum Gasteiger partial charge on any atom is 0.228 e. The van der Waals surface area contributed by atoms with Crippen LogP contribution in [-0.2, 0) is 14.4 Å². The van der Waals surface area contributed by atoms with E-state index in [2.05, 4.69) is 27.7 Å². The number of benzene rings is 2. The standard InChI is InChI=1S/C30H38F2N4O3/c1-19-29(25(18-28(38)33-19)23-8-9-26(31)27(32)17-23)30(39)35(3)12-5-13-36-14-10-21(11-15-36)22-6-4-7-24(16-22)34-20(2)37/h4,6-9,16-17,19,21,25,29H,5,10-15,18H2,1-3H3,(H,33,38)(H,34,37). The number of piperidine rings is 2. The summed E-state index contributed by atoms with van der Waals surface area (Å²) < 4.78 is 27.5. The van der Waals surface area contributed by atoms with E-state index in [4.69, 9.17) is 0 Å². The molecular formula is C30H38F2N4O3. The third-order valence-electron chi connectivity index (χ3n) is 8.03. The molecule has 9 heteroatoms. The molecule has 0 bridgehead atoms. The molecule has 0 radical (unpaired) electrons. The minimum Gasteiger partial charge on any atom is -0.353 e. The zero-order chi connectivity index (χ0) is 28.1. The summed E-state index contributed by atoms with van der Waals surface area (Å²) in [6.45, 7) is 6.68. The molecule has 2 aromatic rings. The van der Waals surface area contributed by atoms with Gasteiger partial charge >= 0.3 is 0 Å². The summed E-state index contributed by atoms with van der Waals surface area (Å²) in [5, 5.41) is 5.70. The number of nitrogens with zero attached hydrogens (tertiary/aromatic N) is 2. The summed E-state index contributed by atoms with van der Waals surface area (Å²) in [5.41, 5.74) is 2.54. The lowest BCUT2D eigenvalue weighted by Crippen LogP contribution is -2.53. The lowest BCUT2D eigenvalue weighted by molar-refractivity contribution is -0.139. The van der Waals surface area contributed by atoms with Crippen LogP contribution in [0.1, 0.15) is 62.5 Å². The molecule has 0 spiro atoms. The van der Waals surface area contributed by atoms with E-state index in [9.17, 15) is 23.2 Å². The van der Waals surface area contributed by atoms with Gasteiger partial charge in [-0.2, -0.15) is 0 Å². The molecule has 3 unspecified atom stereocenters. The Morgan fingerprint density at radius 3 is 2.51 bits per heavy atom. The molecule has 0 aromatic heterocycles. The first-order valence-corrected chi connectivity index (χ1v) is 13.7. The van der Waals surface area contributed by atoms with E-state index in [0.717, 1.165) is 56.7 Å². The normalized spacial score (nSPS) is 22.3. The van der Waals surface area contributed by atoms with Crippen molar-refractivity contribution >= 4 is 23.4 Å². The number of nitrogens with one attached hydrogen (secondary N) is 2. The molecule has 39 heavy (non-hydrogen) atoms. The van der Waals surface area contributed by atoms with E-state index in [1.54, 1.807) is 18.9 Å². The van der Waals surface area contributed by atoms with Crippen molar-refractivity contribution in [2.75, 3.05) is 38.5 Å². The van der Waals surface area contributed by atoms with Crippen LogP contribution in [-0.4, -0.2) is 66.8 Å². The minimum absolute atomic E-state index is 0.0579. The average Bonchev–Trinajstić information content (AvgIpc) is 2.89. The molecule has 3 amide bonds. The average molecular weight is 541 g/mol. The Morgan fingerprint density at radius 1 is 1.08 bits per heavy atom. The molecule has 2 N–H and O–H groups in total. The summed E-state index contributed by atoms with van der Waals surface area (Å²) in [4.78, 5) is 41.2. The van der Waals surface area contributed by atoms with Crippen molar-refractivity contribution in [3.8, 4) is 0 Å². The minimum atomic E-state index is -0.977. The number of carbonyl (C=O) groups is 3. The third kappa shape index (κ3) is 7.20. The Balaban J connectivity index is 1.29. The molecule has 0 saturated carbocycles. The topological polar surface area (TPSA) is 81.8 Å². The van der Waals surface area contributed by atoms with Crippen molar-refractivity contribution in [2.24, 2.45) is 5.92 Å². The molecule has 3 atom stereocenters. The zero-order valence-corrected chi connectivity index (χ0v) is 22.9. The van der Waals surface area contributed by atoms with Gasteiger partial charge in [-0.25, -0.2) is 8.78 Å². The smallest absolute Gasteiger partial charge is 0.228 e. The van der Waals surface area contributed by atoms with Gasteiger partial charge in [0.1, 0.15) is 0 Å². The van der Waals surface area contributed by atoms with Gasteiger partial charge in [0.2, 0.25) is 17.7 Å². The molecule has 0 aliphatic carbocycles. The summed E-state index contributed by atoms with van der Waals surface area (Å²) in [7, 11) is 1.77. The summed E-state index contributed by atoms with van der Waals surface area (Å²) in [6.07, 6.45) is 2.94. The first-order chi connectivity index (χ1) is 18.6. The highest BCUT2D eigenvalue weighted by molar-refractivity contribution is 5.88. The van der Waals surface area contributed by atoms with Crippen LogP contribution < -0.4 is 10.6 Å². The Labute approximate surface area is 228 Å². The van der Waals surface area contributed by atoms with E-state index < -0.39 is 29.5 Å². The van der Waals surface area contributed by atoms with Crippen molar-refractivity contribution in [1.29, 1.82) is 0 Å². The number of anilines is 1. The number of amides is 3. The van der Waals surface area contributed by atoms with Crippen molar-refractivity contribution in [3.63, 3.8) is 0 Å². The van der Waals surface area contributed by atoms with Crippen molar-refractivity contribution in [2.45, 2.75) is 57.4 Å². The predicted molar refractivity (Wildman–Crippen MR) is 146 cm³/mol. The van der Waals surface area contributed by atoms with E-state index in [1.165, 1.54) is 18.6 Å². The quantitative estimate of drug-likeness (QED) is 0.524. The second-order valence-corrected chi connectivity index (χ2v) is 10.9. The van der Waals surface area contributed by atoms with Gasteiger partial charge in [0.25, 0.3) is 0 Å². The molecule has 2 heterocycles. The molecule has 2 aromatic carbocycles. The van der Waals surface area contributed by atoms with Gasteiger partial charge in [-0.15, -0.1) is 0 Å². The Kier molecular flexibility index (Phi) is 9.32. The van der Waals surface area contributed by atoms with E-state index >= 15 is 0 Å². The molecule has 210 valence electrons. The zero-order valence-electron chi connectivity index (χ0n) is 22.9. The third-order valence-corrected chi connectivity index (χ3v) is 8.03. The van der Waals surface area contributed by atoms with Crippen LogP contribution in [0.2, 0.25) is 0 Å². The lowest BCUT2D eigenvalue weighted by atomic mass is 9.76. The lowest BCUT2D eigenvalue weighted by Gasteiger charge is -2.38. The number of likely N-dealkylation sites (tertiary alicyclic amines) is 1. The van der Waals surface area contributed by atoms with Gasteiger partial charge in [0.05, 0.1) is 5.92 Å². The van der Waals surface area contributed by atoms with E-state index in [1.807, 2.05) is 12.1 Å². The monoisotopic (exact) mass is 540 g/mol. The highest BCUT2D eigenvalue weighted by Gasteiger charge is 2.41. The van der Waals surface area contributed by atoms with E-state index in [0.29, 0.717) is 18.0 Å². The van der Waals surface area contributed by atoms with Gasteiger partial charge in [0.15, 0.2) is 11.6 Å². The van der Waals surface area contributed by atoms with Gasteiger partial charge in [0, 0.05) is 44.6 Å². The van der Waals surface area contributed by atoms with E-state index in [-0.39, 0.29) is 24.1 Å². The molecule has 2 aliphatic rings. The van der Waals surface area contributed by atoms with Crippen LogP contribution >= 0.6 is 0 Å². The highest BCUT2D eigenvalue weighted by atomic mass is 19.2. The number of hydrogen-bond acceptors (Lipinski definition) is 4. The van der Waals surface area contributed by atoms with Gasteiger partial charge < -0.3 is 20.4 Å². The van der Waals surface area contributed by atoms with Crippen molar-refractivity contribution in [1.82, 2.24) is 15.1 Å². The fourth-order valence-corrected chi connectivity index (χ4v) is 5.99. The van der Waals surface area contributed by atoms with Crippen LogP contribution in [0.3, 0.4) is 0 Å². The maximum absolute atomic E-state index is 14.0. The fourth-order valence-electron chi connectivity index (χ4n) is 5.99.